The number of allylic oxidation sites excluding steroid dienone is 2. The van der Waals surface area contributed by atoms with Gasteiger partial charge in [0.2, 0.25) is 0 Å². The van der Waals surface area contributed by atoms with E-state index in [1.807, 2.05) is 0 Å². The zero-order chi connectivity index (χ0) is 12.2. The van der Waals surface area contributed by atoms with Crippen LogP contribution in [-0.4, -0.2) is 24.9 Å². The minimum absolute atomic E-state index is 0.0848. The van der Waals surface area contributed by atoms with Crippen molar-refractivity contribution in [1.82, 2.24) is 0 Å². The molecule has 0 aromatic carbocycles. The summed E-state index contributed by atoms with van der Waals surface area (Å²) in [6, 6.07) is 0. The molecule has 0 saturated carbocycles. The van der Waals surface area contributed by atoms with E-state index in [9.17, 15) is 19.2 Å². The van der Waals surface area contributed by atoms with Crippen LogP contribution in [-0.2, 0) is 28.7 Å². The molecule has 0 aromatic rings. The van der Waals surface area contributed by atoms with Crippen molar-refractivity contribution in [2.75, 3.05) is 0 Å². The summed E-state index contributed by atoms with van der Waals surface area (Å²) in [7, 11) is 0. The van der Waals surface area contributed by atoms with Crippen molar-refractivity contribution in [1.29, 1.82) is 0 Å². The molecule has 0 fully saturated rings. The van der Waals surface area contributed by atoms with E-state index in [1.165, 1.54) is 0 Å². The van der Waals surface area contributed by atoms with Crippen LogP contribution in [0.3, 0.4) is 0 Å². The van der Waals surface area contributed by atoms with E-state index in [4.69, 9.17) is 0 Å². The number of rotatable bonds is 8. The molecule has 6 nitrogen and oxygen atoms in total. The highest BCUT2D eigenvalue weighted by Crippen LogP contribution is 1.98. The van der Waals surface area contributed by atoms with E-state index in [0.717, 1.165) is 0 Å². The van der Waals surface area contributed by atoms with Crippen LogP contribution >= 0.6 is 0 Å². The summed E-state index contributed by atoms with van der Waals surface area (Å²) in [6.07, 6.45) is 4.42. The largest absolute Gasteiger partial charge is 0.395 e. The molecule has 0 spiro atoms. The van der Waals surface area contributed by atoms with Gasteiger partial charge in [-0.15, -0.1) is 0 Å². The molecule has 0 aromatic heterocycles. The molecule has 0 amide bonds. The van der Waals surface area contributed by atoms with E-state index in [2.05, 4.69) is 9.47 Å². The summed E-state index contributed by atoms with van der Waals surface area (Å²) < 4.78 is 8.10. The Labute approximate surface area is 92.2 Å². The topological polar surface area (TPSA) is 86.7 Å². The Morgan fingerprint density at radius 2 is 1.19 bits per heavy atom. The normalized spacial score (nSPS) is 9.75. The van der Waals surface area contributed by atoms with Gasteiger partial charge in [-0.05, 0) is 12.8 Å². The molecule has 0 aliphatic heterocycles. The van der Waals surface area contributed by atoms with Crippen molar-refractivity contribution in [2.24, 2.45) is 0 Å². The van der Waals surface area contributed by atoms with Gasteiger partial charge < -0.3 is 9.47 Å². The van der Waals surface area contributed by atoms with Gasteiger partial charge in [-0.25, -0.2) is 0 Å². The lowest BCUT2D eigenvalue weighted by atomic mass is 10.2. The minimum Gasteiger partial charge on any atom is -0.395 e. The Balaban J connectivity index is 3.48. The van der Waals surface area contributed by atoms with Gasteiger partial charge in [0.1, 0.15) is 0 Å². The number of hydrogen-bond acceptors (Lipinski definition) is 6. The molecule has 0 unspecified atom stereocenters. The highest BCUT2D eigenvalue weighted by Gasteiger charge is 2.00. The third-order valence-electron chi connectivity index (χ3n) is 1.56. The first-order valence-electron chi connectivity index (χ1n) is 4.62. The smallest absolute Gasteiger partial charge is 0.313 e. The summed E-state index contributed by atoms with van der Waals surface area (Å²) in [5, 5.41) is 0. The summed E-state index contributed by atoms with van der Waals surface area (Å²) >= 11 is 0. The van der Waals surface area contributed by atoms with Crippen LogP contribution in [0.4, 0.5) is 0 Å². The lowest BCUT2D eigenvalue weighted by Crippen LogP contribution is -2.01. The lowest BCUT2D eigenvalue weighted by molar-refractivity contribution is -0.153. The second-order valence-corrected chi connectivity index (χ2v) is 2.72. The second-order valence-electron chi connectivity index (χ2n) is 2.72. The summed E-state index contributed by atoms with van der Waals surface area (Å²) in [4.78, 5) is 40.8. The van der Waals surface area contributed by atoms with Crippen LogP contribution in [0.15, 0.2) is 12.2 Å². The Bertz CT molecular complexity index is 253. The number of hydrogen-bond donors (Lipinski definition) is 0. The van der Waals surface area contributed by atoms with Crippen molar-refractivity contribution in [2.45, 2.75) is 25.7 Å². The first-order valence-corrected chi connectivity index (χ1v) is 4.62. The highest BCUT2D eigenvalue weighted by molar-refractivity contribution is 5.76. The molecular formula is C10H12O6. The molecule has 88 valence electrons. The standard InChI is InChI=1S/C10H12O6/c11-7-15-9(13)5-3-1-2-4-6-10(14)16-8-12/h1-2,7-8H,3-6H2. The molecule has 16 heavy (non-hydrogen) atoms. The molecule has 0 radical (unpaired) electrons. The fourth-order valence-electron chi connectivity index (χ4n) is 0.863. The van der Waals surface area contributed by atoms with Crippen LogP contribution in [0.25, 0.3) is 0 Å². The van der Waals surface area contributed by atoms with Gasteiger partial charge in [0.05, 0.1) is 0 Å². The third-order valence-corrected chi connectivity index (χ3v) is 1.56. The quantitative estimate of drug-likeness (QED) is 0.260. The number of carbonyl (C=O) groups is 4. The van der Waals surface area contributed by atoms with Gasteiger partial charge in [-0.2, -0.15) is 0 Å². The Morgan fingerprint density at radius 3 is 1.50 bits per heavy atom. The van der Waals surface area contributed by atoms with Crippen LogP contribution in [0, 0.1) is 0 Å². The highest BCUT2D eigenvalue weighted by atomic mass is 16.6. The van der Waals surface area contributed by atoms with E-state index in [1.54, 1.807) is 12.2 Å². The predicted molar refractivity (Wildman–Crippen MR) is 51.9 cm³/mol. The average Bonchev–Trinajstić information content (AvgIpc) is 2.24. The number of carbonyl (C=O) groups excluding carboxylic acids is 4. The monoisotopic (exact) mass is 228 g/mol. The Morgan fingerprint density at radius 1 is 0.812 bits per heavy atom. The average molecular weight is 228 g/mol. The van der Waals surface area contributed by atoms with Crippen molar-refractivity contribution >= 4 is 24.9 Å². The maximum Gasteiger partial charge on any atom is 0.313 e. The van der Waals surface area contributed by atoms with Crippen molar-refractivity contribution in [3.05, 3.63) is 12.2 Å². The first kappa shape index (κ1) is 14.0. The third kappa shape index (κ3) is 8.61. The summed E-state index contributed by atoms with van der Waals surface area (Å²) in [5.74, 6) is -1.19. The molecule has 0 N–H and O–H groups in total. The SMILES string of the molecule is O=COC(=O)CCC=CCCC(=O)OC=O. The molecule has 0 aliphatic carbocycles. The fourth-order valence-corrected chi connectivity index (χ4v) is 0.863. The molecule has 6 heteroatoms. The molecule has 0 bridgehead atoms. The molecule has 0 heterocycles. The van der Waals surface area contributed by atoms with Gasteiger partial charge in [0.25, 0.3) is 0 Å². The van der Waals surface area contributed by atoms with Crippen LogP contribution in [0.1, 0.15) is 25.7 Å². The predicted octanol–water partition coefficient (Wildman–Crippen LogP) is 0.502. The van der Waals surface area contributed by atoms with E-state index in [-0.39, 0.29) is 25.8 Å². The van der Waals surface area contributed by atoms with Crippen molar-refractivity contribution < 1.29 is 28.7 Å². The van der Waals surface area contributed by atoms with Gasteiger partial charge in [-0.1, -0.05) is 12.2 Å². The summed E-state index contributed by atoms with van der Waals surface area (Å²) in [5.41, 5.74) is 0. The molecule has 0 saturated heterocycles. The lowest BCUT2D eigenvalue weighted by Gasteiger charge is -1.94. The molecule has 0 atom stereocenters. The zero-order valence-electron chi connectivity index (χ0n) is 8.59. The van der Waals surface area contributed by atoms with Crippen molar-refractivity contribution in [3.8, 4) is 0 Å². The minimum atomic E-state index is -0.597. The van der Waals surface area contributed by atoms with Gasteiger partial charge >= 0.3 is 24.9 Å². The number of esters is 2. The van der Waals surface area contributed by atoms with E-state index in [0.29, 0.717) is 12.8 Å². The maximum absolute atomic E-state index is 10.7. The maximum atomic E-state index is 10.7. The molecular weight excluding hydrogens is 216 g/mol. The van der Waals surface area contributed by atoms with Gasteiger partial charge in [-0.3, -0.25) is 19.2 Å². The molecule has 0 rings (SSSR count). The van der Waals surface area contributed by atoms with E-state index >= 15 is 0 Å². The Kier molecular flexibility index (Phi) is 8.39. The van der Waals surface area contributed by atoms with E-state index < -0.39 is 11.9 Å². The van der Waals surface area contributed by atoms with Crippen molar-refractivity contribution in [3.63, 3.8) is 0 Å². The first-order chi connectivity index (χ1) is 7.70. The summed E-state index contributed by atoms with van der Waals surface area (Å²) in [6.45, 7) is 0.170. The van der Waals surface area contributed by atoms with Gasteiger partial charge in [0, 0.05) is 12.8 Å². The molecule has 0 aliphatic rings. The van der Waals surface area contributed by atoms with Crippen LogP contribution < -0.4 is 0 Å². The number of ether oxygens (including phenoxy) is 2. The van der Waals surface area contributed by atoms with Gasteiger partial charge in [0.15, 0.2) is 0 Å². The Hall–Kier alpha value is -1.98. The second kappa shape index (κ2) is 9.57. The fraction of sp³-hybridized carbons (Fsp3) is 0.400. The van der Waals surface area contributed by atoms with Crippen LogP contribution in [0.2, 0.25) is 0 Å². The van der Waals surface area contributed by atoms with Crippen LogP contribution in [0.5, 0.6) is 0 Å². The zero-order valence-corrected chi connectivity index (χ0v) is 8.59.